The summed E-state index contributed by atoms with van der Waals surface area (Å²) in [4.78, 5) is 13.4. The molecule has 0 bridgehead atoms. The molecule has 1 aromatic rings. The number of hydrogen-bond acceptors (Lipinski definition) is 4. The lowest BCUT2D eigenvalue weighted by Crippen LogP contribution is -2.51. The molecule has 1 atom stereocenters. The van der Waals surface area contributed by atoms with Crippen molar-refractivity contribution < 1.29 is 18.7 Å². The summed E-state index contributed by atoms with van der Waals surface area (Å²) < 4.78 is 26.5. The van der Waals surface area contributed by atoms with Gasteiger partial charge in [-0.05, 0) is 31.2 Å². The van der Waals surface area contributed by atoms with Crippen LogP contribution in [0.25, 0.3) is 0 Å². The van der Waals surface area contributed by atoms with Gasteiger partial charge in [-0.15, -0.1) is 11.3 Å². The molecule has 7 heteroatoms. The zero-order chi connectivity index (χ0) is 15.2. The maximum Gasteiger partial charge on any atom is 0.287 e. The van der Waals surface area contributed by atoms with Crippen molar-refractivity contribution in [1.29, 1.82) is 0 Å². The number of aliphatic hydroxyl groups is 1. The highest BCUT2D eigenvalue weighted by Gasteiger charge is 2.54. The van der Waals surface area contributed by atoms with Crippen molar-refractivity contribution >= 4 is 23.0 Å². The second kappa shape index (κ2) is 5.14. The Hall–Kier alpha value is -1.34. The predicted molar refractivity (Wildman–Crippen MR) is 75.6 cm³/mol. The van der Waals surface area contributed by atoms with Crippen LogP contribution in [0.15, 0.2) is 16.5 Å². The third-order valence-electron chi connectivity index (χ3n) is 3.88. The first-order chi connectivity index (χ1) is 9.95. The van der Waals surface area contributed by atoms with E-state index < -0.39 is 18.1 Å². The third kappa shape index (κ3) is 2.48. The second-order valence-electron chi connectivity index (χ2n) is 5.49. The molecule has 1 fully saturated rings. The van der Waals surface area contributed by atoms with Crippen LogP contribution in [-0.2, 0) is 6.42 Å². The van der Waals surface area contributed by atoms with Crippen molar-refractivity contribution in [3.8, 4) is 0 Å². The molecule has 0 unspecified atom stereocenters. The molecule has 3 rings (SSSR count). The smallest absolute Gasteiger partial charge is 0.287 e. The Labute approximate surface area is 125 Å². The lowest BCUT2D eigenvalue weighted by Gasteiger charge is -2.29. The monoisotopic (exact) mass is 314 g/mol. The summed E-state index contributed by atoms with van der Waals surface area (Å²) in [6, 6.07) is 1.67. The summed E-state index contributed by atoms with van der Waals surface area (Å²) in [5, 5.41) is 16.4. The molecule has 1 aliphatic carbocycles. The number of carbonyl (C=O) groups is 1. The van der Waals surface area contributed by atoms with Crippen LogP contribution in [0.5, 0.6) is 0 Å². The van der Waals surface area contributed by atoms with Gasteiger partial charge in [-0.1, -0.05) is 6.92 Å². The average molecular weight is 314 g/mol. The molecular weight excluding hydrogens is 298 g/mol. The Morgan fingerprint density at radius 2 is 2.33 bits per heavy atom. The Kier molecular flexibility index (Phi) is 3.57. The number of nitrogens with zero attached hydrogens (tertiary/aromatic N) is 2. The maximum absolute atomic E-state index is 13.3. The van der Waals surface area contributed by atoms with Crippen LogP contribution in [0.4, 0.5) is 8.78 Å². The molecule has 1 aliphatic heterocycles. The van der Waals surface area contributed by atoms with E-state index in [1.165, 1.54) is 11.3 Å². The normalized spacial score (nSPS) is 25.6. The topological polar surface area (TPSA) is 52.9 Å². The van der Waals surface area contributed by atoms with Gasteiger partial charge in [-0.3, -0.25) is 4.79 Å². The fraction of sp³-hybridized carbons (Fsp3) is 0.571. The highest BCUT2D eigenvalue weighted by molar-refractivity contribution is 7.10. The van der Waals surface area contributed by atoms with Crippen molar-refractivity contribution in [2.24, 2.45) is 11.0 Å². The van der Waals surface area contributed by atoms with Crippen LogP contribution in [0.3, 0.4) is 0 Å². The molecule has 1 N–H and O–H groups in total. The van der Waals surface area contributed by atoms with Crippen LogP contribution < -0.4 is 0 Å². The van der Waals surface area contributed by atoms with Gasteiger partial charge in [0.15, 0.2) is 0 Å². The molecule has 1 aromatic heterocycles. The van der Waals surface area contributed by atoms with E-state index in [9.17, 15) is 18.7 Å². The molecule has 0 spiro atoms. The summed E-state index contributed by atoms with van der Waals surface area (Å²) in [5.41, 5.74) is -1.70. The number of alkyl halides is 2. The van der Waals surface area contributed by atoms with E-state index in [0.29, 0.717) is 16.3 Å². The fourth-order valence-electron chi connectivity index (χ4n) is 2.43. The molecule has 0 aromatic carbocycles. The molecule has 1 saturated carbocycles. The van der Waals surface area contributed by atoms with Crippen molar-refractivity contribution in [2.75, 3.05) is 0 Å². The van der Waals surface area contributed by atoms with Crippen LogP contribution >= 0.6 is 11.3 Å². The number of thiophene rings is 1. The minimum atomic E-state index is -3.05. The number of halogens is 2. The number of carbonyl (C=O) groups excluding carboxylic acids is 1. The van der Waals surface area contributed by atoms with E-state index in [2.05, 4.69) is 5.10 Å². The molecule has 114 valence electrons. The van der Waals surface area contributed by atoms with Crippen LogP contribution in [0.2, 0.25) is 0 Å². The van der Waals surface area contributed by atoms with Gasteiger partial charge >= 0.3 is 0 Å². The van der Waals surface area contributed by atoms with Crippen molar-refractivity contribution in [3.63, 3.8) is 0 Å². The predicted octanol–water partition coefficient (Wildman–Crippen LogP) is 2.88. The van der Waals surface area contributed by atoms with Gasteiger partial charge in [0.1, 0.15) is 0 Å². The maximum atomic E-state index is 13.3. The van der Waals surface area contributed by atoms with Gasteiger partial charge in [-0.2, -0.15) is 10.1 Å². The van der Waals surface area contributed by atoms with Gasteiger partial charge in [0.2, 0.25) is 5.72 Å². The molecule has 21 heavy (non-hydrogen) atoms. The van der Waals surface area contributed by atoms with Crippen LogP contribution in [0, 0.1) is 5.92 Å². The van der Waals surface area contributed by atoms with E-state index >= 15 is 0 Å². The van der Waals surface area contributed by atoms with Crippen molar-refractivity contribution in [1.82, 2.24) is 5.01 Å². The van der Waals surface area contributed by atoms with E-state index in [-0.39, 0.29) is 12.3 Å². The first-order valence-electron chi connectivity index (χ1n) is 6.95. The molecular formula is C14H16F2N2O2S. The second-order valence-corrected chi connectivity index (χ2v) is 6.49. The first-order valence-corrected chi connectivity index (χ1v) is 7.83. The van der Waals surface area contributed by atoms with E-state index in [4.69, 9.17) is 0 Å². The molecule has 2 aliphatic rings. The van der Waals surface area contributed by atoms with Crippen molar-refractivity contribution in [2.45, 2.75) is 44.8 Å². The van der Waals surface area contributed by atoms with Crippen LogP contribution in [0.1, 0.15) is 41.4 Å². The lowest BCUT2D eigenvalue weighted by atomic mass is 10.0. The summed E-state index contributed by atoms with van der Waals surface area (Å²) in [5.74, 6) is -0.522. The van der Waals surface area contributed by atoms with E-state index in [1.807, 2.05) is 6.92 Å². The number of rotatable bonds is 4. The van der Waals surface area contributed by atoms with Gasteiger partial charge in [0.25, 0.3) is 12.3 Å². The largest absolute Gasteiger partial charge is 0.364 e. The minimum absolute atomic E-state index is 0.141. The molecule has 4 nitrogen and oxygen atoms in total. The van der Waals surface area contributed by atoms with E-state index in [0.717, 1.165) is 24.1 Å². The number of hydrogen-bond donors (Lipinski definition) is 1. The standard InChI is InChI=1S/C14H16F2N2O2S/c1-2-10-5-9(7-21-10)12(19)18-14(20,13(15)16)6-11(17-18)8-3-4-8/h5,7-8,13,20H,2-4,6H2,1H3/t14-/m0/s1. The molecule has 0 saturated heterocycles. The van der Waals surface area contributed by atoms with Gasteiger partial charge < -0.3 is 5.11 Å². The fourth-order valence-corrected chi connectivity index (χ4v) is 3.23. The molecule has 2 heterocycles. The number of amides is 1. The SMILES string of the molecule is CCc1cc(C(=O)N2N=C(C3CC3)C[C@]2(O)C(F)F)cs1. The summed E-state index contributed by atoms with van der Waals surface area (Å²) in [7, 11) is 0. The highest BCUT2D eigenvalue weighted by atomic mass is 32.1. The van der Waals surface area contributed by atoms with E-state index in [1.54, 1.807) is 11.4 Å². The zero-order valence-electron chi connectivity index (χ0n) is 11.6. The summed E-state index contributed by atoms with van der Waals surface area (Å²) in [6.45, 7) is 1.95. The number of hydrazone groups is 1. The number of aryl methyl sites for hydroxylation is 1. The Bertz CT molecular complexity index is 598. The third-order valence-corrected chi connectivity index (χ3v) is 4.96. The Balaban J connectivity index is 1.90. The first kappa shape index (κ1) is 14.6. The Morgan fingerprint density at radius 3 is 2.86 bits per heavy atom. The van der Waals surface area contributed by atoms with Gasteiger partial charge in [-0.25, -0.2) is 8.78 Å². The zero-order valence-corrected chi connectivity index (χ0v) is 12.4. The van der Waals surface area contributed by atoms with Gasteiger partial charge in [0, 0.05) is 22.4 Å². The lowest BCUT2D eigenvalue weighted by molar-refractivity contribution is -0.164. The van der Waals surface area contributed by atoms with Crippen molar-refractivity contribution in [3.05, 3.63) is 21.9 Å². The highest BCUT2D eigenvalue weighted by Crippen LogP contribution is 2.41. The molecule has 1 amide bonds. The average Bonchev–Trinajstić information content (AvgIpc) is 3.08. The van der Waals surface area contributed by atoms with Gasteiger partial charge in [0.05, 0.1) is 5.56 Å². The van der Waals surface area contributed by atoms with Crippen LogP contribution in [-0.4, -0.2) is 33.9 Å². The Morgan fingerprint density at radius 1 is 1.62 bits per heavy atom. The minimum Gasteiger partial charge on any atom is -0.364 e. The molecule has 0 radical (unpaired) electrons. The quantitative estimate of drug-likeness (QED) is 0.929. The summed E-state index contributed by atoms with van der Waals surface area (Å²) >= 11 is 1.40. The summed E-state index contributed by atoms with van der Waals surface area (Å²) in [6.07, 6.45) is -0.762.